The highest BCUT2D eigenvalue weighted by atomic mass is 16.2. The van der Waals surface area contributed by atoms with Gasteiger partial charge in [-0.25, -0.2) is 14.3 Å². The third-order valence-corrected chi connectivity index (χ3v) is 6.68. The minimum atomic E-state index is -0.0707. The molecule has 0 bridgehead atoms. The second-order valence-electron chi connectivity index (χ2n) is 8.75. The molecule has 1 saturated heterocycles. The molecule has 1 fully saturated rings. The van der Waals surface area contributed by atoms with Crippen molar-refractivity contribution in [1.29, 1.82) is 0 Å². The van der Waals surface area contributed by atoms with Crippen LogP contribution in [0.3, 0.4) is 0 Å². The Morgan fingerprint density at radius 1 is 1.16 bits per heavy atom. The van der Waals surface area contributed by atoms with E-state index in [0.29, 0.717) is 25.9 Å². The smallest absolute Gasteiger partial charge is 0.326 e. The number of carbonyl (C=O) groups is 1. The minimum absolute atomic E-state index is 0.0707. The zero-order valence-electron chi connectivity index (χ0n) is 18.8. The normalized spacial score (nSPS) is 15.2. The lowest BCUT2D eigenvalue weighted by molar-refractivity contribution is -0.132. The average molecular weight is 433 g/mol. The standard InChI is InChI=1S/C24H28N6O2/c1-15-14-22-25-16(2)19(17(3)30(22)27-15)8-9-23(31)28-12-10-18(11-13-28)29-21-7-5-4-6-20(21)26-24(29)32/h4-7,14,18H,8-13H2,1-3H3,(H,26,32). The van der Waals surface area contributed by atoms with Crippen molar-refractivity contribution >= 4 is 22.6 Å². The molecular formula is C24H28N6O2. The SMILES string of the molecule is Cc1cc2nc(C)c(CCC(=O)N3CCC(n4c(=O)[nH]c5ccccc54)CC3)c(C)n2n1. The molecule has 1 N–H and O–H groups in total. The first-order chi connectivity index (χ1) is 15.4. The Hall–Kier alpha value is -3.42. The quantitative estimate of drug-likeness (QED) is 0.537. The van der Waals surface area contributed by atoms with Crippen LogP contribution < -0.4 is 5.69 Å². The fourth-order valence-corrected chi connectivity index (χ4v) is 5.00. The number of fused-ring (bicyclic) bond motifs is 2. The molecule has 166 valence electrons. The molecule has 4 heterocycles. The number of H-pyrrole nitrogens is 1. The van der Waals surface area contributed by atoms with Crippen LogP contribution in [0.5, 0.6) is 0 Å². The third kappa shape index (κ3) is 3.49. The van der Waals surface area contributed by atoms with Crippen molar-refractivity contribution < 1.29 is 4.79 Å². The number of carbonyl (C=O) groups excluding carboxylic acids is 1. The van der Waals surface area contributed by atoms with Gasteiger partial charge in [0.1, 0.15) is 0 Å². The van der Waals surface area contributed by atoms with Crippen LogP contribution in [0.1, 0.15) is 47.9 Å². The first-order valence-corrected chi connectivity index (χ1v) is 11.2. The maximum Gasteiger partial charge on any atom is 0.326 e. The van der Waals surface area contributed by atoms with Gasteiger partial charge in [0, 0.05) is 43.0 Å². The number of nitrogens with one attached hydrogen (secondary N) is 1. The topological polar surface area (TPSA) is 88.3 Å². The number of benzene rings is 1. The molecule has 1 amide bonds. The van der Waals surface area contributed by atoms with E-state index in [-0.39, 0.29) is 17.6 Å². The number of amides is 1. The van der Waals surface area contributed by atoms with Crippen molar-refractivity contribution in [3.8, 4) is 0 Å². The van der Waals surface area contributed by atoms with E-state index in [1.54, 1.807) is 0 Å². The van der Waals surface area contributed by atoms with E-state index in [1.165, 1.54) is 0 Å². The van der Waals surface area contributed by atoms with Crippen LogP contribution in [-0.4, -0.2) is 48.0 Å². The van der Waals surface area contributed by atoms with Crippen molar-refractivity contribution in [3.63, 3.8) is 0 Å². The molecule has 1 aromatic carbocycles. The van der Waals surface area contributed by atoms with Crippen LogP contribution >= 0.6 is 0 Å². The number of para-hydroxylation sites is 2. The lowest BCUT2D eigenvalue weighted by atomic mass is 10.0. The molecule has 0 aliphatic carbocycles. The van der Waals surface area contributed by atoms with Gasteiger partial charge in [-0.3, -0.25) is 9.36 Å². The number of rotatable bonds is 4. The minimum Gasteiger partial charge on any atom is -0.343 e. The summed E-state index contributed by atoms with van der Waals surface area (Å²) in [4.78, 5) is 35.0. The van der Waals surface area contributed by atoms with E-state index in [0.717, 1.165) is 52.2 Å². The monoisotopic (exact) mass is 432 g/mol. The second-order valence-corrected chi connectivity index (χ2v) is 8.75. The summed E-state index contributed by atoms with van der Waals surface area (Å²) in [5.41, 5.74) is 6.61. The lowest BCUT2D eigenvalue weighted by Crippen LogP contribution is -2.40. The molecule has 8 nitrogen and oxygen atoms in total. The number of nitrogens with zero attached hydrogens (tertiary/aromatic N) is 5. The van der Waals surface area contributed by atoms with Gasteiger partial charge >= 0.3 is 5.69 Å². The number of hydrogen-bond acceptors (Lipinski definition) is 4. The van der Waals surface area contributed by atoms with Gasteiger partial charge in [0.05, 0.1) is 16.7 Å². The van der Waals surface area contributed by atoms with E-state index in [1.807, 2.05) is 65.1 Å². The van der Waals surface area contributed by atoms with Crippen molar-refractivity contribution in [2.24, 2.45) is 0 Å². The number of piperidine rings is 1. The van der Waals surface area contributed by atoms with Gasteiger partial charge in [0.25, 0.3) is 0 Å². The summed E-state index contributed by atoms with van der Waals surface area (Å²) >= 11 is 0. The van der Waals surface area contributed by atoms with Gasteiger partial charge < -0.3 is 9.88 Å². The van der Waals surface area contributed by atoms with Crippen molar-refractivity contribution in [3.05, 3.63) is 63.5 Å². The number of aromatic nitrogens is 5. The zero-order valence-corrected chi connectivity index (χ0v) is 18.8. The van der Waals surface area contributed by atoms with Crippen molar-refractivity contribution in [1.82, 2.24) is 29.0 Å². The molecule has 0 saturated carbocycles. The highest BCUT2D eigenvalue weighted by Gasteiger charge is 2.26. The summed E-state index contributed by atoms with van der Waals surface area (Å²) < 4.78 is 3.73. The predicted molar refractivity (Wildman–Crippen MR) is 123 cm³/mol. The molecule has 0 unspecified atom stereocenters. The molecule has 0 atom stereocenters. The van der Waals surface area contributed by atoms with Gasteiger partial charge in [0.15, 0.2) is 5.65 Å². The average Bonchev–Trinajstić information content (AvgIpc) is 3.31. The molecular weight excluding hydrogens is 404 g/mol. The summed E-state index contributed by atoms with van der Waals surface area (Å²) in [6.07, 6.45) is 2.67. The number of aromatic amines is 1. The number of aryl methyl sites for hydroxylation is 3. The fraction of sp³-hybridized carbons (Fsp3) is 0.417. The molecule has 1 aliphatic heterocycles. The Labute approximate surface area is 185 Å². The molecule has 32 heavy (non-hydrogen) atoms. The Morgan fingerprint density at radius 2 is 1.91 bits per heavy atom. The summed E-state index contributed by atoms with van der Waals surface area (Å²) in [6.45, 7) is 7.34. The van der Waals surface area contributed by atoms with Gasteiger partial charge in [-0.15, -0.1) is 0 Å². The van der Waals surface area contributed by atoms with Gasteiger partial charge in [-0.2, -0.15) is 5.10 Å². The molecule has 0 spiro atoms. The van der Waals surface area contributed by atoms with Gasteiger partial charge in [-0.1, -0.05) is 12.1 Å². The zero-order chi connectivity index (χ0) is 22.4. The first-order valence-electron chi connectivity index (χ1n) is 11.2. The van der Waals surface area contributed by atoms with E-state index in [4.69, 9.17) is 0 Å². The summed E-state index contributed by atoms with van der Waals surface area (Å²) in [7, 11) is 0. The van der Waals surface area contributed by atoms with Crippen molar-refractivity contribution in [2.75, 3.05) is 13.1 Å². The Balaban J connectivity index is 1.25. The Kier molecular flexibility index (Phi) is 5.07. The van der Waals surface area contributed by atoms with Gasteiger partial charge in [0.2, 0.25) is 5.91 Å². The van der Waals surface area contributed by atoms with Crippen LogP contribution in [0.2, 0.25) is 0 Å². The summed E-state index contributed by atoms with van der Waals surface area (Å²) in [5, 5.41) is 4.52. The molecule has 4 aromatic rings. The summed E-state index contributed by atoms with van der Waals surface area (Å²) in [5.74, 6) is 0.158. The van der Waals surface area contributed by atoms with E-state index in [9.17, 15) is 9.59 Å². The first kappa shape index (κ1) is 20.5. The van der Waals surface area contributed by atoms with Crippen LogP contribution in [0, 0.1) is 20.8 Å². The largest absolute Gasteiger partial charge is 0.343 e. The lowest BCUT2D eigenvalue weighted by Gasteiger charge is -2.32. The molecule has 5 rings (SSSR count). The predicted octanol–water partition coefficient (Wildman–Crippen LogP) is 3.09. The highest BCUT2D eigenvalue weighted by molar-refractivity contribution is 5.77. The Bertz CT molecular complexity index is 1370. The third-order valence-electron chi connectivity index (χ3n) is 6.68. The van der Waals surface area contributed by atoms with Crippen molar-refractivity contribution in [2.45, 2.75) is 52.5 Å². The molecule has 8 heteroatoms. The van der Waals surface area contributed by atoms with E-state index >= 15 is 0 Å². The second kappa shape index (κ2) is 7.93. The Morgan fingerprint density at radius 3 is 2.69 bits per heavy atom. The van der Waals surface area contributed by atoms with Crippen LogP contribution in [0.15, 0.2) is 35.1 Å². The van der Waals surface area contributed by atoms with Crippen LogP contribution in [0.4, 0.5) is 0 Å². The molecule has 0 radical (unpaired) electrons. The number of imidazole rings is 1. The van der Waals surface area contributed by atoms with Crippen LogP contribution in [0.25, 0.3) is 16.7 Å². The molecule has 3 aromatic heterocycles. The van der Waals surface area contributed by atoms with E-state index < -0.39 is 0 Å². The number of hydrogen-bond donors (Lipinski definition) is 1. The number of likely N-dealkylation sites (tertiary alicyclic amines) is 1. The van der Waals surface area contributed by atoms with Crippen LogP contribution in [-0.2, 0) is 11.2 Å². The maximum absolute atomic E-state index is 12.9. The molecule has 1 aliphatic rings. The highest BCUT2D eigenvalue weighted by Crippen LogP contribution is 2.25. The van der Waals surface area contributed by atoms with Gasteiger partial charge in [-0.05, 0) is 57.7 Å². The van der Waals surface area contributed by atoms with E-state index in [2.05, 4.69) is 15.1 Å². The summed E-state index contributed by atoms with van der Waals surface area (Å²) in [6, 6.07) is 9.85. The fourth-order valence-electron chi connectivity index (χ4n) is 5.00. The maximum atomic E-state index is 12.9.